The highest BCUT2D eigenvalue weighted by Crippen LogP contribution is 2.26. The van der Waals surface area contributed by atoms with Crippen LogP contribution in [0.1, 0.15) is 28.4 Å². The molecule has 150 valence electrons. The molecule has 3 rings (SSSR count). The van der Waals surface area contributed by atoms with E-state index in [0.717, 1.165) is 11.1 Å². The predicted molar refractivity (Wildman–Crippen MR) is 102 cm³/mol. The number of hydrogen-bond donors (Lipinski definition) is 2. The quantitative estimate of drug-likeness (QED) is 0.605. The number of carbonyl (C=O) groups excluding carboxylic acids is 2. The highest BCUT2D eigenvalue weighted by atomic mass is 19.1. The molecule has 0 fully saturated rings. The first-order chi connectivity index (χ1) is 13.8. The van der Waals surface area contributed by atoms with Crippen LogP contribution in [-0.2, 0) is 22.5 Å². The average molecular weight is 399 g/mol. The lowest BCUT2D eigenvalue weighted by molar-refractivity contribution is -0.121. The molecule has 0 unspecified atom stereocenters. The number of nitrogens with two attached hydrogens (primary N) is 1. The fourth-order valence-corrected chi connectivity index (χ4v) is 2.99. The summed E-state index contributed by atoms with van der Waals surface area (Å²) in [5.74, 6) is -3.02. The van der Waals surface area contributed by atoms with Crippen LogP contribution in [0.15, 0.2) is 41.3 Å². The summed E-state index contributed by atoms with van der Waals surface area (Å²) in [6.07, 6.45) is 1.93. The summed E-state index contributed by atoms with van der Waals surface area (Å²) in [6.45, 7) is 1.18. The predicted octanol–water partition coefficient (Wildman–Crippen LogP) is 1.49. The van der Waals surface area contributed by atoms with E-state index in [1.807, 2.05) is 0 Å². The Morgan fingerprint density at radius 2 is 1.93 bits per heavy atom. The second kappa shape index (κ2) is 8.09. The van der Waals surface area contributed by atoms with Crippen LogP contribution >= 0.6 is 0 Å². The number of hydrogen-bond acceptors (Lipinski definition) is 6. The largest absolute Gasteiger partial charge is 0.505 e. The monoisotopic (exact) mass is 399 g/mol. The number of amides is 1. The molecule has 0 spiro atoms. The number of esters is 1. The van der Waals surface area contributed by atoms with E-state index in [0.29, 0.717) is 11.9 Å². The second-order valence-electron chi connectivity index (χ2n) is 6.33. The fraction of sp³-hybridized carbons (Fsp3) is 0.200. The number of ether oxygens (including phenoxy) is 1. The van der Waals surface area contributed by atoms with Gasteiger partial charge in [-0.2, -0.15) is 0 Å². The Kier molecular flexibility index (Phi) is 5.58. The molecule has 0 aliphatic heterocycles. The van der Waals surface area contributed by atoms with Gasteiger partial charge >= 0.3 is 5.97 Å². The molecule has 0 atom stereocenters. The van der Waals surface area contributed by atoms with Crippen molar-refractivity contribution < 1.29 is 23.8 Å². The minimum absolute atomic E-state index is 0.0420. The van der Waals surface area contributed by atoms with Crippen molar-refractivity contribution >= 4 is 22.9 Å². The van der Waals surface area contributed by atoms with Crippen LogP contribution in [0.5, 0.6) is 5.75 Å². The normalized spacial score (nSPS) is 10.8. The maximum Gasteiger partial charge on any atom is 0.348 e. The van der Waals surface area contributed by atoms with Crippen LogP contribution in [-0.4, -0.2) is 33.1 Å². The first-order valence-electron chi connectivity index (χ1n) is 8.76. The van der Waals surface area contributed by atoms with Gasteiger partial charge in [0.05, 0.1) is 5.52 Å². The molecule has 8 nitrogen and oxygen atoms in total. The van der Waals surface area contributed by atoms with Gasteiger partial charge in [0.25, 0.3) is 11.5 Å². The molecule has 0 saturated heterocycles. The topological polar surface area (TPSA) is 125 Å². The third-order valence-corrected chi connectivity index (χ3v) is 4.32. The maximum atomic E-state index is 13.1. The van der Waals surface area contributed by atoms with Crippen molar-refractivity contribution in [1.82, 2.24) is 9.55 Å². The summed E-state index contributed by atoms with van der Waals surface area (Å²) in [5, 5.41) is 10.5. The van der Waals surface area contributed by atoms with Crippen molar-refractivity contribution in [2.45, 2.75) is 19.9 Å². The fourth-order valence-electron chi connectivity index (χ4n) is 2.99. The molecule has 3 aromatic rings. The van der Waals surface area contributed by atoms with E-state index in [9.17, 15) is 23.9 Å². The van der Waals surface area contributed by atoms with Crippen molar-refractivity contribution in [2.75, 3.05) is 6.61 Å². The summed E-state index contributed by atoms with van der Waals surface area (Å²) < 4.78 is 19.0. The molecule has 0 bridgehead atoms. The lowest BCUT2D eigenvalue weighted by atomic mass is 10.1. The van der Waals surface area contributed by atoms with Crippen molar-refractivity contribution in [1.29, 1.82) is 0 Å². The summed E-state index contributed by atoms with van der Waals surface area (Å²) in [7, 11) is 0. The first kappa shape index (κ1) is 20.0. The minimum Gasteiger partial charge on any atom is -0.505 e. The van der Waals surface area contributed by atoms with E-state index in [1.165, 1.54) is 22.9 Å². The van der Waals surface area contributed by atoms with Gasteiger partial charge in [-0.3, -0.25) is 14.6 Å². The van der Waals surface area contributed by atoms with E-state index in [2.05, 4.69) is 9.72 Å². The first-order valence-corrected chi connectivity index (χ1v) is 8.76. The van der Waals surface area contributed by atoms with Gasteiger partial charge in [-0.15, -0.1) is 0 Å². The molecule has 3 N–H and O–H groups in total. The number of aromatic nitrogens is 2. The van der Waals surface area contributed by atoms with Gasteiger partial charge in [-0.1, -0.05) is 12.1 Å². The third kappa shape index (κ3) is 4.08. The third-order valence-electron chi connectivity index (χ3n) is 4.32. The number of pyridine rings is 2. The summed E-state index contributed by atoms with van der Waals surface area (Å²) in [5.41, 5.74) is 5.50. The number of rotatable bonds is 6. The Labute approximate surface area is 164 Å². The van der Waals surface area contributed by atoms with Gasteiger partial charge < -0.3 is 20.1 Å². The van der Waals surface area contributed by atoms with Crippen LogP contribution in [0, 0.1) is 5.82 Å². The van der Waals surface area contributed by atoms with Crippen LogP contribution < -0.4 is 11.3 Å². The number of carbonyl (C=O) groups is 2. The molecule has 0 saturated carbocycles. The van der Waals surface area contributed by atoms with Crippen LogP contribution in [0.2, 0.25) is 0 Å². The number of primary amides is 1. The van der Waals surface area contributed by atoms with Gasteiger partial charge in [0.15, 0.2) is 17.9 Å². The molecule has 0 radical (unpaired) electrons. The number of halogens is 1. The number of nitrogens with zero attached hydrogens (tertiary/aromatic N) is 2. The van der Waals surface area contributed by atoms with E-state index < -0.39 is 35.4 Å². The van der Waals surface area contributed by atoms with Crippen molar-refractivity contribution in [2.24, 2.45) is 5.73 Å². The highest BCUT2D eigenvalue weighted by Gasteiger charge is 2.24. The Bertz CT molecular complexity index is 1160. The van der Waals surface area contributed by atoms with Crippen molar-refractivity contribution in [3.05, 3.63) is 69.4 Å². The molecule has 1 aromatic carbocycles. The van der Waals surface area contributed by atoms with Crippen molar-refractivity contribution in [3.8, 4) is 5.75 Å². The van der Waals surface area contributed by atoms with Gasteiger partial charge in [0.1, 0.15) is 11.3 Å². The molecular formula is C20H18FN3O5. The molecule has 0 aliphatic carbocycles. The average Bonchev–Trinajstić information content (AvgIpc) is 2.68. The molecular weight excluding hydrogens is 381 g/mol. The number of aromatic hydroxyl groups is 1. The van der Waals surface area contributed by atoms with E-state index >= 15 is 0 Å². The lowest BCUT2D eigenvalue weighted by Gasteiger charge is -2.13. The zero-order valence-electron chi connectivity index (χ0n) is 15.5. The number of benzene rings is 1. The molecule has 1 amide bonds. The smallest absolute Gasteiger partial charge is 0.348 e. The summed E-state index contributed by atoms with van der Waals surface area (Å²) in [4.78, 5) is 39.9. The Balaban J connectivity index is 2.08. The number of aryl methyl sites for hydroxylation is 1. The lowest BCUT2D eigenvalue weighted by Crippen LogP contribution is -2.29. The summed E-state index contributed by atoms with van der Waals surface area (Å²) in [6, 6.07) is 7.65. The van der Waals surface area contributed by atoms with Crippen LogP contribution in [0.4, 0.5) is 4.39 Å². The summed E-state index contributed by atoms with van der Waals surface area (Å²) >= 11 is 0. The molecule has 2 heterocycles. The van der Waals surface area contributed by atoms with Gasteiger partial charge in [-0.25, -0.2) is 9.18 Å². The zero-order valence-corrected chi connectivity index (χ0v) is 15.5. The van der Waals surface area contributed by atoms with Crippen LogP contribution in [0.3, 0.4) is 0 Å². The van der Waals surface area contributed by atoms with Gasteiger partial charge in [-0.05, 0) is 42.7 Å². The molecule has 0 aliphatic rings. The molecule has 29 heavy (non-hydrogen) atoms. The zero-order chi connectivity index (χ0) is 21.1. The second-order valence-corrected chi connectivity index (χ2v) is 6.33. The number of fused-ring (bicyclic) bond motifs is 1. The SMILES string of the molecule is CCn1c(=O)c(C(=O)OCC(N)=O)c(O)c2ncc(Cc3ccc(F)cc3)cc21. The molecule has 9 heteroatoms. The van der Waals surface area contributed by atoms with Crippen LogP contribution in [0.25, 0.3) is 11.0 Å². The Hall–Kier alpha value is -3.75. The Morgan fingerprint density at radius 1 is 1.24 bits per heavy atom. The minimum atomic E-state index is -1.16. The van der Waals surface area contributed by atoms with E-state index in [-0.39, 0.29) is 17.9 Å². The van der Waals surface area contributed by atoms with Gasteiger partial charge in [0.2, 0.25) is 0 Å². The molecule has 2 aromatic heterocycles. The van der Waals surface area contributed by atoms with E-state index in [4.69, 9.17) is 5.73 Å². The Morgan fingerprint density at radius 3 is 2.55 bits per heavy atom. The van der Waals surface area contributed by atoms with Crippen molar-refractivity contribution in [3.63, 3.8) is 0 Å². The maximum absolute atomic E-state index is 13.1. The standard InChI is InChI=1S/C20H18FN3O5/c1-2-24-14-8-12(7-11-3-5-13(21)6-4-11)9-23-17(14)18(26)16(19(24)27)20(28)29-10-15(22)25/h3-6,8-9,26H,2,7,10H2,1H3,(H2,22,25). The highest BCUT2D eigenvalue weighted by molar-refractivity contribution is 5.99. The van der Waals surface area contributed by atoms with E-state index in [1.54, 1.807) is 25.1 Å². The van der Waals surface area contributed by atoms with Gasteiger partial charge in [0, 0.05) is 12.7 Å².